The highest BCUT2D eigenvalue weighted by Gasteiger charge is 2.28. The van der Waals surface area contributed by atoms with E-state index in [1.54, 1.807) is 55.9 Å². The molecule has 0 saturated heterocycles. The van der Waals surface area contributed by atoms with E-state index in [0.29, 0.717) is 10.6 Å². The van der Waals surface area contributed by atoms with Crippen LogP contribution in [0.25, 0.3) is 5.65 Å². The maximum Gasteiger partial charge on any atom is 0.434 e. The Morgan fingerprint density at radius 1 is 1.45 bits per heavy atom. The number of carbonyl (C=O) groups excluding carboxylic acids is 1. The lowest BCUT2D eigenvalue weighted by Crippen LogP contribution is -2.37. The molecule has 0 aliphatic rings. The predicted octanol–water partition coefficient (Wildman–Crippen LogP) is 2.38. The topological polar surface area (TPSA) is 87.3 Å². The van der Waals surface area contributed by atoms with Gasteiger partial charge in [-0.3, -0.25) is 5.21 Å². The zero-order valence-electron chi connectivity index (χ0n) is 12.9. The van der Waals surface area contributed by atoms with Gasteiger partial charge in [-0.15, -0.1) is 0 Å². The quantitative estimate of drug-likeness (QED) is 0.669. The van der Waals surface area contributed by atoms with E-state index in [-0.39, 0.29) is 13.0 Å². The smallest absolute Gasteiger partial charge is 0.434 e. The minimum atomic E-state index is -0.850. The summed E-state index contributed by atoms with van der Waals surface area (Å²) < 4.78 is 6.94. The second kappa shape index (κ2) is 6.33. The molecule has 0 fully saturated rings. The van der Waals surface area contributed by atoms with Crippen molar-refractivity contribution in [3.8, 4) is 0 Å². The van der Waals surface area contributed by atoms with Crippen LogP contribution in [0.2, 0.25) is 0 Å². The van der Waals surface area contributed by atoms with Crippen LogP contribution in [-0.4, -0.2) is 43.1 Å². The average Bonchev–Trinajstić information content (AvgIpc) is 2.89. The number of rotatable bonds is 4. The van der Waals surface area contributed by atoms with E-state index < -0.39 is 17.7 Å². The molecule has 2 aromatic rings. The lowest BCUT2D eigenvalue weighted by atomic mass is 10.1. The van der Waals surface area contributed by atoms with E-state index in [1.165, 1.54) is 0 Å². The molecule has 0 aliphatic heterocycles. The van der Waals surface area contributed by atoms with Gasteiger partial charge in [0.05, 0.1) is 6.04 Å². The summed E-state index contributed by atoms with van der Waals surface area (Å²) in [6, 6.07) is 2.84. The predicted molar refractivity (Wildman–Crippen MR) is 79.5 cm³/mol. The fraction of sp³-hybridized carbons (Fsp3) is 0.467. The molecule has 0 radical (unpaired) electrons. The van der Waals surface area contributed by atoms with Gasteiger partial charge in [0.2, 0.25) is 0 Å². The number of carbonyl (C=O) groups is 1. The standard InChI is InChI=1S/C15H21N3O4/c1-15(2,3)22-14(20)18(21)12(6-9-19)11-4-5-13-16-7-8-17(13)10-11/h4-5,7-8,10,12,19,21H,6,9H2,1-3H3. The molecule has 2 rings (SSSR count). The van der Waals surface area contributed by atoms with Crippen LogP contribution in [0.5, 0.6) is 0 Å². The Kier molecular flexibility index (Phi) is 4.68. The first-order valence-electron chi connectivity index (χ1n) is 7.06. The first kappa shape index (κ1) is 16.3. The molecular weight excluding hydrogens is 286 g/mol. The number of nitrogens with zero attached hydrogens (tertiary/aromatic N) is 3. The van der Waals surface area contributed by atoms with Crippen LogP contribution in [0.1, 0.15) is 38.8 Å². The van der Waals surface area contributed by atoms with Crippen LogP contribution in [0.3, 0.4) is 0 Å². The number of fused-ring (bicyclic) bond motifs is 1. The Labute approximate surface area is 128 Å². The van der Waals surface area contributed by atoms with Crippen molar-refractivity contribution in [3.05, 3.63) is 36.3 Å². The fourth-order valence-electron chi connectivity index (χ4n) is 2.12. The van der Waals surface area contributed by atoms with E-state index >= 15 is 0 Å². The van der Waals surface area contributed by atoms with Crippen molar-refractivity contribution in [3.63, 3.8) is 0 Å². The molecule has 0 aromatic carbocycles. The number of aliphatic hydroxyl groups is 1. The van der Waals surface area contributed by atoms with Gasteiger partial charge in [0, 0.05) is 25.2 Å². The lowest BCUT2D eigenvalue weighted by Gasteiger charge is -2.28. The normalized spacial score (nSPS) is 13.1. The Morgan fingerprint density at radius 2 is 2.18 bits per heavy atom. The molecule has 1 atom stereocenters. The highest BCUT2D eigenvalue weighted by atomic mass is 16.6. The van der Waals surface area contributed by atoms with Gasteiger partial charge in [-0.2, -0.15) is 5.06 Å². The summed E-state index contributed by atoms with van der Waals surface area (Å²) in [6.45, 7) is 4.98. The van der Waals surface area contributed by atoms with Gasteiger partial charge >= 0.3 is 6.09 Å². The summed E-state index contributed by atoms with van der Waals surface area (Å²) >= 11 is 0. The Balaban J connectivity index is 2.26. The molecule has 7 nitrogen and oxygen atoms in total. The number of ether oxygens (including phenoxy) is 1. The van der Waals surface area contributed by atoms with Gasteiger partial charge in [-0.05, 0) is 38.8 Å². The third kappa shape index (κ3) is 3.75. The van der Waals surface area contributed by atoms with E-state index in [2.05, 4.69) is 4.98 Å². The SMILES string of the molecule is CC(C)(C)OC(=O)N(O)C(CCO)c1ccc2nccn2c1. The highest BCUT2D eigenvalue weighted by Crippen LogP contribution is 2.25. The third-order valence-corrected chi connectivity index (χ3v) is 3.07. The number of hydroxylamine groups is 2. The van der Waals surface area contributed by atoms with E-state index in [4.69, 9.17) is 4.74 Å². The lowest BCUT2D eigenvalue weighted by molar-refractivity contribution is -0.125. The molecule has 0 spiro atoms. The second-order valence-electron chi connectivity index (χ2n) is 6.01. The molecular formula is C15H21N3O4. The van der Waals surface area contributed by atoms with Crippen molar-refractivity contribution >= 4 is 11.7 Å². The third-order valence-electron chi connectivity index (χ3n) is 3.07. The van der Waals surface area contributed by atoms with Crippen LogP contribution in [0.4, 0.5) is 4.79 Å². The molecule has 1 unspecified atom stereocenters. The van der Waals surface area contributed by atoms with E-state index in [1.807, 2.05) is 0 Å². The molecule has 0 bridgehead atoms. The molecule has 1 amide bonds. The maximum absolute atomic E-state index is 12.0. The molecule has 2 N–H and O–H groups in total. The molecule has 22 heavy (non-hydrogen) atoms. The maximum atomic E-state index is 12.0. The van der Waals surface area contributed by atoms with Gasteiger partial charge in [-0.1, -0.05) is 6.07 Å². The van der Waals surface area contributed by atoms with E-state index in [9.17, 15) is 15.1 Å². The van der Waals surface area contributed by atoms with Crippen LogP contribution < -0.4 is 0 Å². The first-order valence-corrected chi connectivity index (χ1v) is 7.06. The molecule has 120 valence electrons. The zero-order chi connectivity index (χ0) is 16.3. The molecule has 7 heteroatoms. The number of pyridine rings is 1. The minimum absolute atomic E-state index is 0.174. The first-order chi connectivity index (χ1) is 10.3. The molecule has 0 saturated carbocycles. The van der Waals surface area contributed by atoms with Crippen molar-refractivity contribution < 1.29 is 19.8 Å². The van der Waals surface area contributed by atoms with E-state index in [0.717, 1.165) is 5.65 Å². The zero-order valence-corrected chi connectivity index (χ0v) is 12.9. The van der Waals surface area contributed by atoms with Crippen molar-refractivity contribution in [1.29, 1.82) is 0 Å². The summed E-state index contributed by atoms with van der Waals surface area (Å²) in [6.07, 6.45) is 4.53. The number of hydrogen-bond acceptors (Lipinski definition) is 5. The summed E-state index contributed by atoms with van der Waals surface area (Å²) in [4.78, 5) is 16.2. The number of hydrogen-bond donors (Lipinski definition) is 2. The highest BCUT2D eigenvalue weighted by molar-refractivity contribution is 5.67. The van der Waals surface area contributed by atoms with Crippen molar-refractivity contribution in [2.24, 2.45) is 0 Å². The Bertz CT molecular complexity index is 648. The minimum Gasteiger partial charge on any atom is -0.442 e. The van der Waals surface area contributed by atoms with Gasteiger partial charge in [0.1, 0.15) is 11.2 Å². The van der Waals surface area contributed by atoms with Gasteiger partial charge < -0.3 is 14.2 Å². The van der Waals surface area contributed by atoms with Crippen molar-refractivity contribution in [1.82, 2.24) is 14.4 Å². The molecule has 2 heterocycles. The van der Waals surface area contributed by atoms with Crippen molar-refractivity contribution in [2.75, 3.05) is 6.61 Å². The number of aliphatic hydroxyl groups excluding tert-OH is 1. The van der Waals surface area contributed by atoms with Gasteiger partial charge in [0.25, 0.3) is 0 Å². The average molecular weight is 307 g/mol. The van der Waals surface area contributed by atoms with Crippen LogP contribution in [0, 0.1) is 0 Å². The van der Waals surface area contributed by atoms with Gasteiger partial charge in [-0.25, -0.2) is 9.78 Å². The molecule has 2 aromatic heterocycles. The van der Waals surface area contributed by atoms with Crippen LogP contribution in [-0.2, 0) is 4.74 Å². The summed E-state index contributed by atoms with van der Waals surface area (Å²) in [5, 5.41) is 19.9. The monoisotopic (exact) mass is 307 g/mol. The Morgan fingerprint density at radius 3 is 2.82 bits per heavy atom. The number of imidazole rings is 1. The summed E-state index contributed by atoms with van der Waals surface area (Å²) in [5.74, 6) is 0. The second-order valence-corrected chi connectivity index (χ2v) is 6.01. The summed E-state index contributed by atoms with van der Waals surface area (Å²) in [5.41, 5.74) is 0.719. The number of amides is 1. The Hall–Kier alpha value is -2.12. The number of aromatic nitrogens is 2. The van der Waals surface area contributed by atoms with Gasteiger partial charge in [0.15, 0.2) is 0 Å². The fourth-order valence-corrected chi connectivity index (χ4v) is 2.12. The summed E-state index contributed by atoms with van der Waals surface area (Å²) in [7, 11) is 0. The van der Waals surface area contributed by atoms with Crippen LogP contribution in [0.15, 0.2) is 30.7 Å². The largest absolute Gasteiger partial charge is 0.442 e. The van der Waals surface area contributed by atoms with Crippen LogP contribution >= 0.6 is 0 Å². The van der Waals surface area contributed by atoms with Crippen molar-refractivity contribution in [2.45, 2.75) is 38.8 Å². The molecule has 0 aliphatic carbocycles.